The Morgan fingerprint density at radius 1 is 1.41 bits per heavy atom. The third-order valence-corrected chi connectivity index (χ3v) is 3.32. The second kappa shape index (κ2) is 4.75. The van der Waals surface area contributed by atoms with Crippen LogP contribution in [0, 0.1) is 0 Å². The van der Waals surface area contributed by atoms with E-state index in [2.05, 4.69) is 0 Å². The maximum absolute atomic E-state index is 11.8. The van der Waals surface area contributed by atoms with Crippen molar-refractivity contribution in [2.24, 2.45) is 5.73 Å². The zero-order valence-corrected chi connectivity index (χ0v) is 10.1. The number of fused-ring (bicyclic) bond motifs is 1. The first kappa shape index (κ1) is 11.9. The number of hydrogen-bond acceptors (Lipinski definition) is 4. The molecule has 1 aliphatic rings. The van der Waals surface area contributed by atoms with E-state index in [0.717, 1.165) is 29.7 Å². The summed E-state index contributed by atoms with van der Waals surface area (Å²) in [4.78, 5) is 11.8. The molecule has 1 aliphatic carbocycles. The van der Waals surface area contributed by atoms with Gasteiger partial charge in [-0.15, -0.1) is 0 Å². The molecule has 0 aliphatic heterocycles. The molecule has 4 heteroatoms. The molecule has 0 fully saturated rings. The van der Waals surface area contributed by atoms with Crippen molar-refractivity contribution in [1.82, 2.24) is 0 Å². The average Bonchev–Trinajstić information content (AvgIpc) is 2.37. The van der Waals surface area contributed by atoms with Crippen LogP contribution in [-0.4, -0.2) is 26.2 Å². The maximum Gasteiger partial charge on any atom is 0.314 e. The molecule has 0 spiro atoms. The van der Waals surface area contributed by atoms with Crippen molar-refractivity contribution in [3.63, 3.8) is 0 Å². The fourth-order valence-corrected chi connectivity index (χ4v) is 2.37. The first-order valence-corrected chi connectivity index (χ1v) is 5.67. The van der Waals surface area contributed by atoms with E-state index in [1.807, 2.05) is 18.2 Å². The Hall–Kier alpha value is -1.55. The molecule has 2 atom stereocenters. The average molecular weight is 235 g/mol. The van der Waals surface area contributed by atoms with Gasteiger partial charge >= 0.3 is 5.97 Å². The van der Waals surface area contributed by atoms with E-state index in [1.54, 1.807) is 7.11 Å². The van der Waals surface area contributed by atoms with E-state index < -0.39 is 0 Å². The van der Waals surface area contributed by atoms with Gasteiger partial charge < -0.3 is 15.2 Å². The van der Waals surface area contributed by atoms with E-state index in [9.17, 15) is 4.79 Å². The number of ether oxygens (including phenoxy) is 2. The van der Waals surface area contributed by atoms with Gasteiger partial charge in [-0.25, -0.2) is 0 Å². The van der Waals surface area contributed by atoms with Crippen LogP contribution in [0.15, 0.2) is 18.2 Å². The minimum Gasteiger partial charge on any atom is -0.497 e. The van der Waals surface area contributed by atoms with Crippen LogP contribution in [0.4, 0.5) is 0 Å². The van der Waals surface area contributed by atoms with Gasteiger partial charge in [-0.2, -0.15) is 0 Å². The minimum absolute atomic E-state index is 0.179. The Morgan fingerprint density at radius 2 is 2.18 bits per heavy atom. The van der Waals surface area contributed by atoms with Gasteiger partial charge in [0.15, 0.2) is 0 Å². The lowest BCUT2D eigenvalue weighted by molar-refractivity contribution is -0.143. The van der Waals surface area contributed by atoms with Crippen molar-refractivity contribution >= 4 is 5.97 Å². The molecule has 17 heavy (non-hydrogen) atoms. The molecule has 0 heterocycles. The van der Waals surface area contributed by atoms with Gasteiger partial charge in [0.1, 0.15) is 5.75 Å². The van der Waals surface area contributed by atoms with Gasteiger partial charge in [0, 0.05) is 6.04 Å². The summed E-state index contributed by atoms with van der Waals surface area (Å²) >= 11 is 0. The Labute approximate surface area is 101 Å². The molecule has 0 bridgehead atoms. The lowest BCUT2D eigenvalue weighted by Crippen LogP contribution is -2.38. The third-order valence-electron chi connectivity index (χ3n) is 3.32. The Balaban J connectivity index is 2.45. The Kier molecular flexibility index (Phi) is 3.33. The molecular formula is C13H17NO3. The van der Waals surface area contributed by atoms with Crippen molar-refractivity contribution in [3.05, 3.63) is 29.3 Å². The van der Waals surface area contributed by atoms with E-state index >= 15 is 0 Å². The molecule has 1 aromatic rings. The van der Waals surface area contributed by atoms with Gasteiger partial charge in [-0.3, -0.25) is 4.79 Å². The van der Waals surface area contributed by atoms with Crippen LogP contribution in [0.25, 0.3) is 0 Å². The molecule has 2 N–H and O–H groups in total. The highest BCUT2D eigenvalue weighted by molar-refractivity contribution is 5.80. The van der Waals surface area contributed by atoms with Crippen LogP contribution < -0.4 is 10.5 Å². The molecular weight excluding hydrogens is 218 g/mol. The highest BCUT2D eigenvalue weighted by Gasteiger charge is 2.33. The smallest absolute Gasteiger partial charge is 0.314 e. The standard InChI is InChI=1S/C13H17NO3/c1-16-9-5-3-8-4-6-11(14)12(10(8)7-9)13(15)17-2/h3,5,7,11-12H,4,6,14H2,1-2H3/t11-,12+/m1/s1. The van der Waals surface area contributed by atoms with Crippen LogP contribution in [0.5, 0.6) is 5.75 Å². The third kappa shape index (κ3) is 2.13. The van der Waals surface area contributed by atoms with Crippen molar-refractivity contribution in [2.75, 3.05) is 14.2 Å². The predicted octanol–water partition coefficient (Wildman–Crippen LogP) is 1.23. The van der Waals surface area contributed by atoms with Crippen LogP contribution in [0.1, 0.15) is 23.5 Å². The van der Waals surface area contributed by atoms with Gasteiger partial charge in [0.2, 0.25) is 0 Å². The number of rotatable bonds is 2. The lowest BCUT2D eigenvalue weighted by atomic mass is 9.79. The van der Waals surface area contributed by atoms with Crippen molar-refractivity contribution < 1.29 is 14.3 Å². The van der Waals surface area contributed by atoms with Gasteiger partial charge in [0.25, 0.3) is 0 Å². The summed E-state index contributed by atoms with van der Waals surface area (Å²) in [5, 5.41) is 0. The number of nitrogens with two attached hydrogens (primary N) is 1. The molecule has 0 amide bonds. The predicted molar refractivity (Wildman–Crippen MR) is 64.0 cm³/mol. The summed E-state index contributed by atoms with van der Waals surface area (Å²) < 4.78 is 10.0. The fraction of sp³-hybridized carbons (Fsp3) is 0.462. The number of methoxy groups -OCH3 is 2. The molecule has 0 saturated carbocycles. The molecule has 4 nitrogen and oxygen atoms in total. The second-order valence-electron chi connectivity index (χ2n) is 4.27. The summed E-state index contributed by atoms with van der Waals surface area (Å²) in [5.41, 5.74) is 8.12. The molecule has 2 rings (SSSR count). The van der Waals surface area contributed by atoms with Gasteiger partial charge in [-0.1, -0.05) is 6.07 Å². The molecule has 92 valence electrons. The van der Waals surface area contributed by atoms with Gasteiger partial charge in [-0.05, 0) is 36.1 Å². The van der Waals surface area contributed by atoms with E-state index in [4.69, 9.17) is 15.2 Å². The SMILES string of the molecule is COC(=O)[C@H]1c2cc(OC)ccc2CC[C@H]1N. The van der Waals surface area contributed by atoms with Crippen molar-refractivity contribution in [3.8, 4) is 5.75 Å². The highest BCUT2D eigenvalue weighted by atomic mass is 16.5. The number of carbonyl (C=O) groups is 1. The van der Waals surface area contributed by atoms with E-state index in [0.29, 0.717) is 0 Å². The summed E-state index contributed by atoms with van der Waals surface area (Å²) in [6.45, 7) is 0. The summed E-state index contributed by atoms with van der Waals surface area (Å²) in [6, 6.07) is 5.61. The number of benzene rings is 1. The topological polar surface area (TPSA) is 61.5 Å². The highest BCUT2D eigenvalue weighted by Crippen LogP contribution is 2.34. The molecule has 0 aromatic heterocycles. The van der Waals surface area contributed by atoms with Crippen LogP contribution in [0.2, 0.25) is 0 Å². The molecule has 0 saturated heterocycles. The number of esters is 1. The normalized spacial score (nSPS) is 22.8. The summed E-state index contributed by atoms with van der Waals surface area (Å²) in [5.74, 6) is 0.0947. The van der Waals surface area contributed by atoms with Gasteiger partial charge in [0.05, 0.1) is 20.1 Å². The Bertz CT molecular complexity index is 431. The van der Waals surface area contributed by atoms with Crippen LogP contribution >= 0.6 is 0 Å². The number of aryl methyl sites for hydroxylation is 1. The Morgan fingerprint density at radius 3 is 2.82 bits per heavy atom. The number of carbonyl (C=O) groups excluding carboxylic acids is 1. The first-order valence-electron chi connectivity index (χ1n) is 5.67. The van der Waals surface area contributed by atoms with E-state index in [-0.39, 0.29) is 17.9 Å². The lowest BCUT2D eigenvalue weighted by Gasteiger charge is -2.29. The molecule has 1 aromatic carbocycles. The first-order chi connectivity index (χ1) is 8.17. The summed E-state index contributed by atoms with van der Waals surface area (Å²) in [7, 11) is 3.00. The molecule has 0 radical (unpaired) electrons. The summed E-state index contributed by atoms with van der Waals surface area (Å²) in [6.07, 6.45) is 1.70. The zero-order chi connectivity index (χ0) is 12.4. The minimum atomic E-state index is -0.376. The van der Waals surface area contributed by atoms with Crippen LogP contribution in [0.3, 0.4) is 0 Å². The fourth-order valence-electron chi connectivity index (χ4n) is 2.37. The largest absolute Gasteiger partial charge is 0.497 e. The number of hydrogen-bond donors (Lipinski definition) is 1. The van der Waals surface area contributed by atoms with Crippen molar-refractivity contribution in [1.29, 1.82) is 0 Å². The maximum atomic E-state index is 11.8. The molecule has 0 unspecified atom stereocenters. The zero-order valence-electron chi connectivity index (χ0n) is 10.1. The van der Waals surface area contributed by atoms with E-state index in [1.165, 1.54) is 7.11 Å². The quantitative estimate of drug-likeness (QED) is 0.783. The van der Waals surface area contributed by atoms with Crippen LogP contribution in [-0.2, 0) is 16.0 Å². The monoisotopic (exact) mass is 235 g/mol. The van der Waals surface area contributed by atoms with Crippen molar-refractivity contribution in [2.45, 2.75) is 24.8 Å². The second-order valence-corrected chi connectivity index (χ2v) is 4.27.